The van der Waals surface area contributed by atoms with Gasteiger partial charge in [-0.15, -0.1) is 0 Å². The van der Waals surface area contributed by atoms with Gasteiger partial charge in [-0.3, -0.25) is 9.59 Å². The van der Waals surface area contributed by atoms with Crippen LogP contribution in [-0.4, -0.2) is 62.8 Å². The van der Waals surface area contributed by atoms with Gasteiger partial charge in [-0.05, 0) is 24.6 Å². The molecule has 0 spiro atoms. The highest BCUT2D eigenvalue weighted by atomic mass is 19.4. The van der Waals surface area contributed by atoms with E-state index in [2.05, 4.69) is 15.4 Å². The fourth-order valence-electron chi connectivity index (χ4n) is 4.48. The van der Waals surface area contributed by atoms with Crippen molar-refractivity contribution in [2.24, 2.45) is 5.92 Å². The van der Waals surface area contributed by atoms with Crippen molar-refractivity contribution in [3.8, 4) is 11.3 Å². The van der Waals surface area contributed by atoms with E-state index in [1.54, 1.807) is 0 Å². The number of nitrogen functional groups attached to an aromatic ring is 1. The molecule has 2 aromatic heterocycles. The molecule has 1 fully saturated rings. The van der Waals surface area contributed by atoms with Crippen LogP contribution in [0.1, 0.15) is 34.8 Å². The van der Waals surface area contributed by atoms with Crippen LogP contribution in [0.2, 0.25) is 0 Å². The zero-order valence-corrected chi connectivity index (χ0v) is 20.9. The minimum absolute atomic E-state index is 0.0603. The molecule has 16 heteroatoms. The van der Waals surface area contributed by atoms with E-state index in [0.29, 0.717) is 6.07 Å². The first kappa shape index (κ1) is 29.0. The summed E-state index contributed by atoms with van der Waals surface area (Å²) in [6, 6.07) is 1.65. The summed E-state index contributed by atoms with van der Waals surface area (Å²) in [5.74, 6) is -5.81. The number of benzene rings is 1. The zero-order chi connectivity index (χ0) is 29.7. The number of hydrogen-bond acceptors (Lipinski definition) is 5. The number of nitrogens with zero attached hydrogens (tertiary/aromatic N) is 4. The van der Waals surface area contributed by atoms with E-state index in [4.69, 9.17) is 5.73 Å². The van der Waals surface area contributed by atoms with Crippen LogP contribution >= 0.6 is 0 Å². The Morgan fingerprint density at radius 3 is 2.48 bits per heavy atom. The highest BCUT2D eigenvalue weighted by molar-refractivity contribution is 5.98. The van der Waals surface area contributed by atoms with Crippen LogP contribution < -0.4 is 11.1 Å². The highest BCUT2D eigenvalue weighted by Crippen LogP contribution is 2.39. The number of aromatic nitrogens is 3. The van der Waals surface area contributed by atoms with Gasteiger partial charge in [-0.1, -0.05) is 13.0 Å². The molecule has 3 atom stereocenters. The summed E-state index contributed by atoms with van der Waals surface area (Å²) in [7, 11) is 0. The largest absolute Gasteiger partial charge is 0.418 e. The molecular formula is C24H22F8N6O2. The Balaban J connectivity index is 1.62. The minimum Gasteiger partial charge on any atom is -0.382 e. The quantitative estimate of drug-likeness (QED) is 0.439. The third-order valence-corrected chi connectivity index (χ3v) is 6.70. The van der Waals surface area contributed by atoms with Crippen LogP contribution in [0.5, 0.6) is 0 Å². The maximum absolute atomic E-state index is 15.7. The van der Waals surface area contributed by atoms with E-state index >= 15 is 4.39 Å². The van der Waals surface area contributed by atoms with E-state index in [9.17, 15) is 40.3 Å². The molecule has 0 bridgehead atoms. The van der Waals surface area contributed by atoms with Crippen molar-refractivity contribution >= 4 is 23.1 Å². The molecule has 1 aliphatic heterocycles. The number of carbonyl (C=O) groups excluding carboxylic acids is 2. The van der Waals surface area contributed by atoms with Crippen LogP contribution in [0.4, 0.5) is 40.9 Å². The second-order valence-corrected chi connectivity index (χ2v) is 9.51. The van der Waals surface area contributed by atoms with Gasteiger partial charge in [0.15, 0.2) is 5.82 Å². The molecule has 1 aliphatic rings. The molecule has 0 saturated carbocycles. The second-order valence-electron chi connectivity index (χ2n) is 9.51. The van der Waals surface area contributed by atoms with Crippen molar-refractivity contribution in [3.63, 3.8) is 0 Å². The molecule has 1 unspecified atom stereocenters. The van der Waals surface area contributed by atoms with Crippen LogP contribution in [0.25, 0.3) is 16.8 Å². The van der Waals surface area contributed by atoms with Gasteiger partial charge in [0.1, 0.15) is 23.8 Å². The molecule has 1 saturated heterocycles. The van der Waals surface area contributed by atoms with Gasteiger partial charge in [-0.25, -0.2) is 18.3 Å². The first-order chi connectivity index (χ1) is 18.5. The molecule has 3 heterocycles. The van der Waals surface area contributed by atoms with Crippen LogP contribution in [-0.2, 0) is 11.0 Å². The van der Waals surface area contributed by atoms with Gasteiger partial charge in [0, 0.05) is 18.5 Å². The summed E-state index contributed by atoms with van der Waals surface area (Å²) in [6.07, 6.45) is -11.4. The maximum Gasteiger partial charge on any atom is 0.418 e. The number of halogens is 8. The first-order valence-corrected chi connectivity index (χ1v) is 11.8. The Morgan fingerprint density at radius 2 is 1.85 bits per heavy atom. The number of likely N-dealkylation sites (tertiary alicyclic amines) is 1. The number of nitrogens with one attached hydrogen (secondary N) is 1. The summed E-state index contributed by atoms with van der Waals surface area (Å²) in [5, 5.41) is 5.99. The molecule has 8 nitrogen and oxygen atoms in total. The Labute approximate surface area is 221 Å². The minimum atomic E-state index is -4.90. The predicted molar refractivity (Wildman–Crippen MR) is 125 cm³/mol. The third-order valence-electron chi connectivity index (χ3n) is 6.70. The lowest BCUT2D eigenvalue weighted by molar-refractivity contribution is -0.176. The summed E-state index contributed by atoms with van der Waals surface area (Å²) >= 11 is 0. The number of carbonyl (C=O) groups is 2. The summed E-state index contributed by atoms with van der Waals surface area (Å²) in [5.41, 5.74) is 2.39. The van der Waals surface area contributed by atoms with Crippen LogP contribution in [0.3, 0.4) is 0 Å². The van der Waals surface area contributed by atoms with Gasteiger partial charge in [0.2, 0.25) is 5.91 Å². The number of nitrogens with two attached hydrogens (primary N) is 1. The fourth-order valence-corrected chi connectivity index (χ4v) is 4.48. The van der Waals surface area contributed by atoms with Crippen molar-refractivity contribution in [1.82, 2.24) is 24.8 Å². The molecule has 1 aromatic carbocycles. The van der Waals surface area contributed by atoms with E-state index in [1.807, 2.05) is 0 Å². The van der Waals surface area contributed by atoms with Gasteiger partial charge in [-0.2, -0.15) is 31.4 Å². The number of alkyl halides is 7. The standard InChI is InChI=1S/C24H22F8N6O2/c1-10-3-4-12(16-6-13(24(30,31)32)20-21(33)34-9-35-38(16)20)19(26)18(10)22(40)36-15-8-37(7-14(15)25)17(39)5-11(2)23(27,28)29/h3-4,6,9,11,14-15H,5,7-8H2,1-2H3,(H,36,40)(H2,33,34,35)/t11?,14-,15+/m0/s1. The molecule has 216 valence electrons. The highest BCUT2D eigenvalue weighted by Gasteiger charge is 2.42. The summed E-state index contributed by atoms with van der Waals surface area (Å²) in [4.78, 5) is 29.7. The Hall–Kier alpha value is -3.98. The number of aryl methyl sites for hydroxylation is 1. The average Bonchev–Trinajstić information content (AvgIpc) is 3.40. The smallest absolute Gasteiger partial charge is 0.382 e. The molecule has 3 N–H and O–H groups in total. The monoisotopic (exact) mass is 578 g/mol. The number of amides is 2. The second kappa shape index (κ2) is 10.2. The van der Waals surface area contributed by atoms with Crippen molar-refractivity contribution in [3.05, 3.63) is 47.0 Å². The van der Waals surface area contributed by atoms with E-state index < -0.39 is 95.7 Å². The number of rotatable bonds is 5. The van der Waals surface area contributed by atoms with E-state index in [1.165, 1.54) is 13.0 Å². The molecular weight excluding hydrogens is 556 g/mol. The topological polar surface area (TPSA) is 106 Å². The van der Waals surface area contributed by atoms with Gasteiger partial charge in [0.05, 0.1) is 35.3 Å². The Kier molecular flexibility index (Phi) is 7.40. The number of hydrogen-bond donors (Lipinski definition) is 2. The van der Waals surface area contributed by atoms with E-state index in [0.717, 1.165) is 28.7 Å². The Morgan fingerprint density at radius 1 is 1.18 bits per heavy atom. The molecule has 0 radical (unpaired) electrons. The molecule has 2 amide bonds. The third kappa shape index (κ3) is 5.38. The maximum atomic E-state index is 15.7. The van der Waals surface area contributed by atoms with Gasteiger partial charge in [0.25, 0.3) is 5.91 Å². The zero-order valence-electron chi connectivity index (χ0n) is 20.9. The molecule has 3 aromatic rings. The Bertz CT molecular complexity index is 1470. The van der Waals surface area contributed by atoms with Crippen molar-refractivity contribution < 1.29 is 44.7 Å². The van der Waals surface area contributed by atoms with Gasteiger partial charge < -0.3 is 16.0 Å². The summed E-state index contributed by atoms with van der Waals surface area (Å²) < 4.78 is 111. The van der Waals surface area contributed by atoms with Crippen molar-refractivity contribution in [2.75, 3.05) is 18.8 Å². The summed E-state index contributed by atoms with van der Waals surface area (Å²) in [6.45, 7) is 1.12. The fraction of sp³-hybridized carbons (Fsp3) is 0.417. The number of fused-ring (bicyclic) bond motifs is 1. The average molecular weight is 578 g/mol. The SMILES string of the molecule is Cc1ccc(-c2cc(C(F)(F)F)c3c(N)ncnn23)c(F)c1C(=O)N[C@@H]1CN(C(=O)CC(C)C(F)(F)F)C[C@@H]1F. The lowest BCUT2D eigenvalue weighted by atomic mass is 10.0. The lowest BCUT2D eigenvalue weighted by Gasteiger charge is -2.20. The number of anilines is 1. The molecule has 4 rings (SSSR count). The van der Waals surface area contributed by atoms with Crippen LogP contribution in [0, 0.1) is 18.7 Å². The van der Waals surface area contributed by atoms with Gasteiger partial charge >= 0.3 is 12.4 Å². The molecule has 0 aliphatic carbocycles. The normalized spacial score (nSPS) is 18.8. The molecule has 40 heavy (non-hydrogen) atoms. The lowest BCUT2D eigenvalue weighted by Crippen LogP contribution is -2.42. The van der Waals surface area contributed by atoms with E-state index in [-0.39, 0.29) is 11.3 Å². The first-order valence-electron chi connectivity index (χ1n) is 11.8. The van der Waals surface area contributed by atoms with Crippen molar-refractivity contribution in [1.29, 1.82) is 0 Å². The predicted octanol–water partition coefficient (Wildman–Crippen LogP) is 4.31. The van der Waals surface area contributed by atoms with Crippen molar-refractivity contribution in [2.45, 2.75) is 44.8 Å². The van der Waals surface area contributed by atoms with Crippen LogP contribution in [0.15, 0.2) is 24.5 Å².